The highest BCUT2D eigenvalue weighted by atomic mass is 16.1. The summed E-state index contributed by atoms with van der Waals surface area (Å²) in [5.41, 5.74) is 2.62. The number of amides is 1. The number of rotatable bonds is 2. The number of hydrogen-bond acceptors (Lipinski definition) is 3. The Morgan fingerprint density at radius 1 is 1.29 bits per heavy atom. The molecule has 0 fully saturated rings. The molecule has 2 rings (SSSR count). The Labute approximate surface area is 99.3 Å². The van der Waals surface area contributed by atoms with Gasteiger partial charge < -0.3 is 0 Å². The molecule has 5 heteroatoms. The summed E-state index contributed by atoms with van der Waals surface area (Å²) in [6, 6.07) is 5.75. The Bertz CT molecular complexity index is 559. The monoisotopic (exact) mass is 230 g/mol. The van der Waals surface area contributed by atoms with E-state index in [0.717, 1.165) is 11.1 Å². The molecule has 0 unspecified atom stereocenters. The third kappa shape index (κ3) is 2.50. The van der Waals surface area contributed by atoms with E-state index in [1.165, 1.54) is 0 Å². The lowest BCUT2D eigenvalue weighted by Gasteiger charge is -2.05. The van der Waals surface area contributed by atoms with Crippen LogP contribution < -0.4 is 5.32 Å². The number of carbonyl (C=O) groups excluding carboxylic acids is 1. The summed E-state index contributed by atoms with van der Waals surface area (Å²) in [5, 5.41) is 9.20. The second-order valence-electron chi connectivity index (χ2n) is 4.02. The zero-order valence-corrected chi connectivity index (χ0v) is 10.0. The van der Waals surface area contributed by atoms with Gasteiger partial charge in [-0.3, -0.25) is 15.2 Å². The predicted octanol–water partition coefficient (Wildman–Crippen LogP) is 1.98. The quantitative estimate of drug-likeness (QED) is 0.828. The van der Waals surface area contributed by atoms with E-state index in [0.29, 0.717) is 17.3 Å². The van der Waals surface area contributed by atoms with Crippen LogP contribution in [-0.4, -0.2) is 21.1 Å². The minimum atomic E-state index is -0.190. The number of anilines is 1. The van der Waals surface area contributed by atoms with Crippen LogP contribution in [0, 0.1) is 20.8 Å². The molecule has 2 aromatic rings. The van der Waals surface area contributed by atoms with Gasteiger partial charge in [-0.05, 0) is 32.4 Å². The highest BCUT2D eigenvalue weighted by Gasteiger charge is 2.11. The average Bonchev–Trinajstić information content (AvgIpc) is 2.67. The van der Waals surface area contributed by atoms with E-state index in [2.05, 4.69) is 20.5 Å². The minimum absolute atomic E-state index is 0.190. The van der Waals surface area contributed by atoms with Crippen molar-refractivity contribution in [3.05, 3.63) is 40.7 Å². The maximum Gasteiger partial charge on any atom is 0.258 e. The Hall–Kier alpha value is -2.17. The summed E-state index contributed by atoms with van der Waals surface area (Å²) in [6.07, 6.45) is 0. The average molecular weight is 230 g/mol. The van der Waals surface area contributed by atoms with Crippen molar-refractivity contribution < 1.29 is 4.79 Å². The number of nitrogens with one attached hydrogen (secondary N) is 2. The van der Waals surface area contributed by atoms with E-state index in [-0.39, 0.29) is 5.91 Å². The van der Waals surface area contributed by atoms with E-state index < -0.39 is 0 Å². The maximum absolute atomic E-state index is 12.0. The van der Waals surface area contributed by atoms with Crippen LogP contribution in [-0.2, 0) is 0 Å². The first-order valence-corrected chi connectivity index (χ1v) is 5.34. The van der Waals surface area contributed by atoms with E-state index >= 15 is 0 Å². The Morgan fingerprint density at radius 2 is 2.06 bits per heavy atom. The molecule has 0 saturated heterocycles. The molecule has 1 amide bonds. The molecule has 0 aliphatic heterocycles. The maximum atomic E-state index is 12.0. The molecule has 0 bridgehead atoms. The normalized spacial score (nSPS) is 10.3. The summed E-state index contributed by atoms with van der Waals surface area (Å²) in [6.45, 7) is 5.63. The first kappa shape index (κ1) is 11.3. The fourth-order valence-corrected chi connectivity index (χ4v) is 1.55. The standard InChI is InChI=1S/C12H14N4O/c1-7-4-5-8(2)10(6-7)11(17)14-12-13-9(3)15-16-12/h4-6H,1-3H3,(H2,13,14,15,16,17). The van der Waals surface area contributed by atoms with Crippen molar-refractivity contribution >= 4 is 11.9 Å². The number of aromatic amines is 1. The third-order valence-electron chi connectivity index (χ3n) is 2.46. The molecule has 0 radical (unpaired) electrons. The fourth-order valence-electron chi connectivity index (χ4n) is 1.55. The molecule has 2 N–H and O–H groups in total. The van der Waals surface area contributed by atoms with Crippen molar-refractivity contribution in [1.82, 2.24) is 15.2 Å². The van der Waals surface area contributed by atoms with Crippen LogP contribution in [0.4, 0.5) is 5.95 Å². The van der Waals surface area contributed by atoms with Gasteiger partial charge in [0.1, 0.15) is 5.82 Å². The Morgan fingerprint density at radius 3 is 2.71 bits per heavy atom. The second kappa shape index (κ2) is 4.37. The van der Waals surface area contributed by atoms with Crippen molar-refractivity contribution in [2.45, 2.75) is 20.8 Å². The Balaban J connectivity index is 2.22. The summed E-state index contributed by atoms with van der Waals surface area (Å²) in [4.78, 5) is 16.0. The topological polar surface area (TPSA) is 70.7 Å². The van der Waals surface area contributed by atoms with Crippen LogP contribution >= 0.6 is 0 Å². The lowest BCUT2D eigenvalue weighted by atomic mass is 10.1. The number of H-pyrrole nitrogens is 1. The van der Waals surface area contributed by atoms with E-state index in [4.69, 9.17) is 0 Å². The molecule has 17 heavy (non-hydrogen) atoms. The molecular weight excluding hydrogens is 216 g/mol. The van der Waals surface area contributed by atoms with Gasteiger partial charge in [0.2, 0.25) is 5.95 Å². The summed E-state index contributed by atoms with van der Waals surface area (Å²) in [7, 11) is 0. The smallest absolute Gasteiger partial charge is 0.258 e. The highest BCUT2D eigenvalue weighted by molar-refractivity contribution is 6.04. The van der Waals surface area contributed by atoms with Crippen LogP contribution in [0.5, 0.6) is 0 Å². The van der Waals surface area contributed by atoms with Gasteiger partial charge in [-0.25, -0.2) is 0 Å². The number of aromatic nitrogens is 3. The Kier molecular flexibility index (Phi) is 2.91. The molecule has 0 aliphatic rings. The highest BCUT2D eigenvalue weighted by Crippen LogP contribution is 2.12. The lowest BCUT2D eigenvalue weighted by Crippen LogP contribution is -2.14. The summed E-state index contributed by atoms with van der Waals surface area (Å²) >= 11 is 0. The van der Waals surface area contributed by atoms with E-state index in [1.54, 1.807) is 6.92 Å². The summed E-state index contributed by atoms with van der Waals surface area (Å²) < 4.78 is 0. The van der Waals surface area contributed by atoms with Crippen LogP contribution in [0.15, 0.2) is 18.2 Å². The zero-order valence-electron chi connectivity index (χ0n) is 10.0. The van der Waals surface area contributed by atoms with Crippen LogP contribution in [0.1, 0.15) is 27.3 Å². The van der Waals surface area contributed by atoms with Crippen molar-refractivity contribution in [3.8, 4) is 0 Å². The zero-order chi connectivity index (χ0) is 12.4. The molecule has 0 saturated carbocycles. The number of carbonyl (C=O) groups is 1. The molecule has 0 atom stereocenters. The van der Waals surface area contributed by atoms with Gasteiger partial charge in [0.25, 0.3) is 5.91 Å². The second-order valence-corrected chi connectivity index (χ2v) is 4.02. The number of nitrogens with zero attached hydrogens (tertiary/aromatic N) is 2. The van der Waals surface area contributed by atoms with E-state index in [9.17, 15) is 4.79 Å². The molecule has 0 spiro atoms. The van der Waals surface area contributed by atoms with Crippen LogP contribution in [0.2, 0.25) is 0 Å². The number of aryl methyl sites for hydroxylation is 3. The van der Waals surface area contributed by atoms with Gasteiger partial charge in [-0.15, -0.1) is 5.10 Å². The minimum Gasteiger partial charge on any atom is -0.289 e. The molecule has 1 aromatic carbocycles. The number of hydrogen-bond donors (Lipinski definition) is 2. The molecule has 5 nitrogen and oxygen atoms in total. The molecular formula is C12H14N4O. The van der Waals surface area contributed by atoms with Gasteiger partial charge >= 0.3 is 0 Å². The first-order valence-electron chi connectivity index (χ1n) is 5.34. The summed E-state index contributed by atoms with van der Waals surface area (Å²) in [5.74, 6) is 0.778. The fraction of sp³-hybridized carbons (Fsp3) is 0.250. The molecule has 88 valence electrons. The predicted molar refractivity (Wildman–Crippen MR) is 65.0 cm³/mol. The largest absolute Gasteiger partial charge is 0.289 e. The van der Waals surface area contributed by atoms with Gasteiger partial charge in [-0.2, -0.15) is 4.98 Å². The molecule has 0 aliphatic carbocycles. The lowest BCUT2D eigenvalue weighted by molar-refractivity contribution is 0.102. The van der Waals surface area contributed by atoms with Crippen LogP contribution in [0.3, 0.4) is 0 Å². The SMILES string of the molecule is Cc1ccc(C)c(C(=O)Nc2n[nH]c(C)n2)c1. The number of benzene rings is 1. The van der Waals surface area contributed by atoms with Crippen LogP contribution in [0.25, 0.3) is 0 Å². The van der Waals surface area contributed by atoms with Crippen molar-refractivity contribution in [1.29, 1.82) is 0 Å². The molecule has 1 heterocycles. The first-order chi connectivity index (χ1) is 8.06. The van der Waals surface area contributed by atoms with Gasteiger partial charge in [-0.1, -0.05) is 17.7 Å². The third-order valence-corrected chi connectivity index (χ3v) is 2.46. The van der Waals surface area contributed by atoms with Gasteiger partial charge in [0, 0.05) is 5.56 Å². The van der Waals surface area contributed by atoms with Gasteiger partial charge in [0.15, 0.2) is 0 Å². The van der Waals surface area contributed by atoms with Gasteiger partial charge in [0.05, 0.1) is 0 Å². The van der Waals surface area contributed by atoms with Crippen molar-refractivity contribution in [2.75, 3.05) is 5.32 Å². The van der Waals surface area contributed by atoms with Crippen molar-refractivity contribution in [3.63, 3.8) is 0 Å². The molecule has 1 aromatic heterocycles. The van der Waals surface area contributed by atoms with Crippen molar-refractivity contribution in [2.24, 2.45) is 0 Å². The van der Waals surface area contributed by atoms with E-state index in [1.807, 2.05) is 32.0 Å².